The van der Waals surface area contributed by atoms with Crippen LogP contribution in [0.5, 0.6) is 0 Å². The van der Waals surface area contributed by atoms with E-state index in [2.05, 4.69) is 10.3 Å². The molecule has 2 heterocycles. The van der Waals surface area contributed by atoms with Gasteiger partial charge in [0.05, 0.1) is 12.1 Å². The smallest absolute Gasteiger partial charge is 0.282 e. The molecule has 1 aromatic heterocycles. The average Bonchev–Trinajstić information content (AvgIpc) is 3.30. The number of nitrogens with one attached hydrogen (secondary N) is 1. The summed E-state index contributed by atoms with van der Waals surface area (Å²) < 4.78 is 0. The van der Waals surface area contributed by atoms with Crippen molar-refractivity contribution in [3.8, 4) is 0 Å². The Balaban J connectivity index is 1.40. The average molecular weight is 430 g/mol. The quantitative estimate of drug-likeness (QED) is 0.576. The Morgan fingerprint density at radius 2 is 1.74 bits per heavy atom. The molecule has 0 bridgehead atoms. The Morgan fingerprint density at radius 1 is 1.00 bits per heavy atom. The molecule has 2 aromatic carbocycles. The lowest BCUT2D eigenvalue weighted by atomic mass is 10.1. The monoisotopic (exact) mass is 429 g/mol. The fourth-order valence-corrected chi connectivity index (χ4v) is 4.22. The molecule has 0 aliphatic carbocycles. The van der Waals surface area contributed by atoms with Gasteiger partial charge in [0.2, 0.25) is 5.91 Å². The lowest BCUT2D eigenvalue weighted by Crippen LogP contribution is -2.30. The standard InChI is InChI=1S/C25H23N3O2S/c1-17-8-13-22(31-17)15-23-25(30)28(18(2)27-23)21-11-9-19(10-12-21)14-24(29)26-16-20-6-4-3-5-7-20/h3-13,15H,14,16H2,1-2H3,(H,26,29)/b23-15-. The number of thiophene rings is 1. The molecule has 6 heteroatoms. The van der Waals surface area contributed by atoms with Gasteiger partial charge in [0.15, 0.2) is 0 Å². The number of hydrogen-bond acceptors (Lipinski definition) is 4. The molecular formula is C25H23N3O2S. The molecule has 2 amide bonds. The van der Waals surface area contributed by atoms with Crippen LogP contribution in [0.2, 0.25) is 0 Å². The lowest BCUT2D eigenvalue weighted by Gasteiger charge is -2.16. The van der Waals surface area contributed by atoms with Gasteiger partial charge < -0.3 is 5.32 Å². The molecule has 1 aliphatic heterocycles. The van der Waals surface area contributed by atoms with Crippen LogP contribution in [-0.4, -0.2) is 17.6 Å². The van der Waals surface area contributed by atoms with Crippen molar-refractivity contribution in [3.63, 3.8) is 0 Å². The van der Waals surface area contributed by atoms with Crippen LogP contribution >= 0.6 is 11.3 Å². The number of aliphatic imine (C=N–C) groups is 1. The minimum atomic E-state index is -0.142. The zero-order chi connectivity index (χ0) is 21.8. The Bertz CT molecular complexity index is 1160. The molecule has 0 atom stereocenters. The fraction of sp³-hybridized carbons (Fsp3) is 0.160. The van der Waals surface area contributed by atoms with Crippen molar-refractivity contribution in [3.05, 3.63) is 93.3 Å². The molecule has 0 spiro atoms. The molecule has 4 rings (SSSR count). The molecule has 1 aliphatic rings. The van der Waals surface area contributed by atoms with E-state index in [9.17, 15) is 9.59 Å². The summed E-state index contributed by atoms with van der Waals surface area (Å²) in [6.45, 7) is 4.37. The van der Waals surface area contributed by atoms with Gasteiger partial charge in [-0.05, 0) is 55.3 Å². The minimum Gasteiger partial charge on any atom is -0.352 e. The SMILES string of the molecule is CC1=N/C(=C\c2ccc(C)s2)C(=O)N1c1ccc(CC(=O)NCc2ccccc2)cc1. The highest BCUT2D eigenvalue weighted by Gasteiger charge is 2.29. The molecule has 0 radical (unpaired) electrons. The van der Waals surface area contributed by atoms with Gasteiger partial charge in [-0.25, -0.2) is 4.99 Å². The summed E-state index contributed by atoms with van der Waals surface area (Å²) in [7, 11) is 0. The maximum absolute atomic E-state index is 12.9. The Hall–Kier alpha value is -3.51. The third kappa shape index (κ3) is 4.98. The van der Waals surface area contributed by atoms with Crippen molar-refractivity contribution in [2.24, 2.45) is 4.99 Å². The zero-order valence-corrected chi connectivity index (χ0v) is 18.3. The normalized spacial score (nSPS) is 14.8. The van der Waals surface area contributed by atoms with Crippen molar-refractivity contribution in [2.45, 2.75) is 26.8 Å². The first-order chi connectivity index (χ1) is 15.0. The summed E-state index contributed by atoms with van der Waals surface area (Å²) in [4.78, 5) is 33.4. The number of hydrogen-bond donors (Lipinski definition) is 1. The Labute approximate surface area is 185 Å². The number of aryl methyl sites for hydroxylation is 1. The van der Waals surface area contributed by atoms with Gasteiger partial charge in [0, 0.05) is 16.3 Å². The van der Waals surface area contributed by atoms with E-state index in [1.165, 1.54) is 4.88 Å². The number of amides is 2. The molecule has 0 fully saturated rings. The predicted molar refractivity (Wildman–Crippen MR) is 126 cm³/mol. The van der Waals surface area contributed by atoms with Crippen LogP contribution in [0.25, 0.3) is 6.08 Å². The van der Waals surface area contributed by atoms with E-state index in [1.54, 1.807) is 16.2 Å². The number of carbonyl (C=O) groups is 2. The van der Waals surface area contributed by atoms with E-state index < -0.39 is 0 Å². The van der Waals surface area contributed by atoms with E-state index in [4.69, 9.17) is 0 Å². The van der Waals surface area contributed by atoms with Gasteiger partial charge in [-0.1, -0.05) is 42.5 Å². The molecule has 156 valence electrons. The van der Waals surface area contributed by atoms with Gasteiger partial charge in [-0.2, -0.15) is 0 Å². The van der Waals surface area contributed by atoms with Gasteiger partial charge in [0.1, 0.15) is 11.5 Å². The third-order valence-electron chi connectivity index (χ3n) is 4.96. The zero-order valence-electron chi connectivity index (χ0n) is 17.5. The molecular weight excluding hydrogens is 406 g/mol. The van der Waals surface area contributed by atoms with E-state index >= 15 is 0 Å². The molecule has 3 aromatic rings. The number of rotatable bonds is 6. The van der Waals surface area contributed by atoms with Crippen molar-refractivity contribution in [1.82, 2.24) is 5.32 Å². The van der Waals surface area contributed by atoms with Crippen LogP contribution in [0.3, 0.4) is 0 Å². The van der Waals surface area contributed by atoms with Crippen molar-refractivity contribution < 1.29 is 9.59 Å². The first kappa shape index (κ1) is 20.8. The second-order valence-corrected chi connectivity index (χ2v) is 8.70. The second kappa shape index (κ2) is 9.10. The molecule has 0 saturated carbocycles. The van der Waals surface area contributed by atoms with Gasteiger partial charge in [0.25, 0.3) is 5.91 Å². The van der Waals surface area contributed by atoms with Crippen molar-refractivity contribution >= 4 is 40.8 Å². The molecule has 31 heavy (non-hydrogen) atoms. The minimum absolute atomic E-state index is 0.0388. The first-order valence-electron chi connectivity index (χ1n) is 10.1. The third-order valence-corrected chi connectivity index (χ3v) is 5.91. The van der Waals surface area contributed by atoms with Crippen LogP contribution in [0.15, 0.2) is 77.4 Å². The fourth-order valence-electron chi connectivity index (χ4n) is 3.40. The van der Waals surface area contributed by atoms with Gasteiger partial charge >= 0.3 is 0 Å². The van der Waals surface area contributed by atoms with E-state index in [1.807, 2.05) is 86.7 Å². The van der Waals surface area contributed by atoms with Crippen LogP contribution in [0.1, 0.15) is 27.8 Å². The Kier molecular flexibility index (Phi) is 6.09. The summed E-state index contributed by atoms with van der Waals surface area (Å²) in [6.07, 6.45) is 2.12. The van der Waals surface area contributed by atoms with Crippen LogP contribution in [0, 0.1) is 6.92 Å². The van der Waals surface area contributed by atoms with Gasteiger partial charge in [-0.15, -0.1) is 11.3 Å². The maximum atomic E-state index is 12.9. The summed E-state index contributed by atoms with van der Waals surface area (Å²) in [5.74, 6) is 0.456. The highest BCUT2D eigenvalue weighted by atomic mass is 32.1. The van der Waals surface area contributed by atoms with Crippen LogP contribution < -0.4 is 10.2 Å². The second-order valence-electron chi connectivity index (χ2n) is 7.38. The Morgan fingerprint density at radius 3 is 2.42 bits per heavy atom. The molecule has 1 N–H and O–H groups in total. The van der Waals surface area contributed by atoms with E-state index in [0.717, 1.165) is 21.7 Å². The summed E-state index contributed by atoms with van der Waals surface area (Å²) >= 11 is 1.63. The summed E-state index contributed by atoms with van der Waals surface area (Å²) in [5.41, 5.74) is 3.13. The summed E-state index contributed by atoms with van der Waals surface area (Å²) in [5, 5.41) is 2.93. The van der Waals surface area contributed by atoms with Gasteiger partial charge in [-0.3, -0.25) is 14.5 Å². The van der Waals surface area contributed by atoms with Crippen LogP contribution in [0.4, 0.5) is 5.69 Å². The summed E-state index contributed by atoms with van der Waals surface area (Å²) in [6, 6.07) is 21.3. The number of benzene rings is 2. The van der Waals surface area contributed by atoms with Crippen molar-refractivity contribution in [1.29, 1.82) is 0 Å². The largest absolute Gasteiger partial charge is 0.352 e. The van der Waals surface area contributed by atoms with Crippen molar-refractivity contribution in [2.75, 3.05) is 4.90 Å². The number of carbonyl (C=O) groups excluding carboxylic acids is 2. The molecule has 0 unspecified atom stereocenters. The van der Waals surface area contributed by atoms with E-state index in [-0.39, 0.29) is 18.2 Å². The highest BCUT2D eigenvalue weighted by molar-refractivity contribution is 7.12. The number of nitrogens with zero attached hydrogens (tertiary/aromatic N) is 2. The first-order valence-corrected chi connectivity index (χ1v) is 10.9. The lowest BCUT2D eigenvalue weighted by molar-refractivity contribution is -0.120. The molecule has 0 saturated heterocycles. The number of amidine groups is 1. The predicted octanol–water partition coefficient (Wildman–Crippen LogP) is 4.72. The van der Waals surface area contributed by atoms with Crippen LogP contribution in [-0.2, 0) is 22.6 Å². The topological polar surface area (TPSA) is 61.8 Å². The highest BCUT2D eigenvalue weighted by Crippen LogP contribution is 2.27. The molecule has 5 nitrogen and oxygen atoms in total. The number of anilines is 1. The van der Waals surface area contributed by atoms with E-state index in [0.29, 0.717) is 18.1 Å². The maximum Gasteiger partial charge on any atom is 0.282 e.